The predicted molar refractivity (Wildman–Crippen MR) is 114 cm³/mol. The van der Waals surface area contributed by atoms with Crippen molar-refractivity contribution >= 4 is 28.2 Å². The molecule has 0 atom stereocenters. The minimum atomic E-state index is -4.59. The minimum Gasteiger partial charge on any atom is -0.320 e. The first kappa shape index (κ1) is 24.3. The summed E-state index contributed by atoms with van der Waals surface area (Å²) in [5.74, 6) is 1.59. The lowest BCUT2D eigenvalue weighted by molar-refractivity contribution is -0.190. The molecule has 2 aromatic carbocycles. The van der Waals surface area contributed by atoms with Crippen LogP contribution in [-0.2, 0) is 0 Å². The summed E-state index contributed by atoms with van der Waals surface area (Å²) in [5, 5.41) is 7.06. The number of hydrogen-bond acceptors (Lipinski definition) is 4. The number of anilines is 2. The molecule has 0 aliphatic carbocycles. The molecule has 0 saturated heterocycles. The van der Waals surface area contributed by atoms with Gasteiger partial charge in [-0.3, -0.25) is 4.40 Å². The van der Waals surface area contributed by atoms with Crippen molar-refractivity contribution in [1.82, 2.24) is 19.6 Å². The van der Waals surface area contributed by atoms with Crippen molar-refractivity contribution in [2.45, 2.75) is 26.4 Å². The molecule has 0 amide bonds. The molecule has 5 nitrogen and oxygen atoms in total. The van der Waals surface area contributed by atoms with Crippen molar-refractivity contribution in [3.8, 4) is 11.8 Å². The molecule has 0 spiro atoms. The van der Waals surface area contributed by atoms with Crippen LogP contribution in [0.25, 0.3) is 16.7 Å². The van der Waals surface area contributed by atoms with Crippen LogP contribution < -0.4 is 4.90 Å². The third-order valence-electron chi connectivity index (χ3n) is 5.25. The van der Waals surface area contributed by atoms with E-state index in [4.69, 9.17) is 0 Å². The van der Waals surface area contributed by atoms with Gasteiger partial charge in [-0.1, -0.05) is 17.9 Å². The SMILES string of the molecule is CC(C)(C#Cc1cccc(N(CC(F)F)c2nc3nncn3c3ccc(F)c(F)c23)c1)C(F)(F)F. The Bertz CT molecular complexity index is 1460. The lowest BCUT2D eigenvalue weighted by atomic mass is 9.93. The highest BCUT2D eigenvalue weighted by molar-refractivity contribution is 5.94. The van der Waals surface area contributed by atoms with E-state index in [1.54, 1.807) is 0 Å². The lowest BCUT2D eigenvalue weighted by Gasteiger charge is -2.25. The third kappa shape index (κ3) is 4.58. The van der Waals surface area contributed by atoms with Crippen molar-refractivity contribution in [2.24, 2.45) is 5.41 Å². The molecule has 4 rings (SSSR count). The van der Waals surface area contributed by atoms with Gasteiger partial charge in [0, 0.05) is 11.3 Å². The molecule has 0 saturated carbocycles. The number of fused-ring (bicyclic) bond motifs is 3. The van der Waals surface area contributed by atoms with Crippen LogP contribution in [0.4, 0.5) is 42.2 Å². The molecule has 0 aliphatic rings. The van der Waals surface area contributed by atoms with Crippen LogP contribution >= 0.6 is 0 Å². The first-order valence-corrected chi connectivity index (χ1v) is 10.1. The van der Waals surface area contributed by atoms with Crippen molar-refractivity contribution in [3.63, 3.8) is 0 Å². The zero-order valence-corrected chi connectivity index (χ0v) is 18.2. The van der Waals surface area contributed by atoms with Crippen molar-refractivity contribution in [2.75, 3.05) is 11.4 Å². The quantitative estimate of drug-likeness (QED) is 0.261. The number of halogens is 7. The summed E-state index contributed by atoms with van der Waals surface area (Å²) in [6.45, 7) is 0.843. The largest absolute Gasteiger partial charge is 0.404 e. The normalized spacial score (nSPS) is 12.3. The molecule has 4 aromatic rings. The van der Waals surface area contributed by atoms with Gasteiger partial charge in [-0.25, -0.2) is 17.6 Å². The summed E-state index contributed by atoms with van der Waals surface area (Å²) >= 11 is 0. The van der Waals surface area contributed by atoms with E-state index in [1.807, 2.05) is 0 Å². The number of alkyl halides is 5. The molecule has 2 aromatic heterocycles. The molecule has 0 bridgehead atoms. The molecule has 0 N–H and O–H groups in total. The zero-order valence-electron chi connectivity index (χ0n) is 18.2. The molecule has 0 fully saturated rings. The van der Waals surface area contributed by atoms with Crippen LogP contribution in [0.5, 0.6) is 0 Å². The highest BCUT2D eigenvalue weighted by atomic mass is 19.4. The van der Waals surface area contributed by atoms with E-state index < -0.39 is 41.6 Å². The second-order valence-corrected chi connectivity index (χ2v) is 8.12. The van der Waals surface area contributed by atoms with Crippen LogP contribution in [0.15, 0.2) is 42.7 Å². The summed E-state index contributed by atoms with van der Waals surface area (Å²) in [6, 6.07) is 7.54. The van der Waals surface area contributed by atoms with Gasteiger partial charge in [0.05, 0.1) is 17.4 Å². The molecule has 12 heteroatoms. The fourth-order valence-electron chi connectivity index (χ4n) is 3.28. The van der Waals surface area contributed by atoms with E-state index in [0.29, 0.717) is 0 Å². The number of hydrogen-bond donors (Lipinski definition) is 0. The Morgan fingerprint density at radius 1 is 1.09 bits per heavy atom. The average Bonchev–Trinajstić information content (AvgIpc) is 3.26. The summed E-state index contributed by atoms with van der Waals surface area (Å²) < 4.78 is 97.0. The van der Waals surface area contributed by atoms with Crippen LogP contribution in [-0.4, -0.2) is 38.7 Å². The van der Waals surface area contributed by atoms with Gasteiger partial charge in [0.1, 0.15) is 17.6 Å². The van der Waals surface area contributed by atoms with Crippen molar-refractivity contribution in [1.29, 1.82) is 0 Å². The second-order valence-electron chi connectivity index (χ2n) is 8.12. The van der Waals surface area contributed by atoms with Crippen LogP contribution in [0.1, 0.15) is 19.4 Å². The number of aromatic nitrogens is 4. The number of nitrogens with zero attached hydrogens (tertiary/aromatic N) is 5. The maximum Gasteiger partial charge on any atom is 0.404 e. The molecule has 35 heavy (non-hydrogen) atoms. The van der Waals surface area contributed by atoms with E-state index in [1.165, 1.54) is 41.1 Å². The average molecular weight is 495 g/mol. The van der Waals surface area contributed by atoms with Gasteiger partial charge in [0.15, 0.2) is 11.6 Å². The van der Waals surface area contributed by atoms with Gasteiger partial charge >= 0.3 is 6.18 Å². The fraction of sp³-hybridized carbons (Fsp3) is 0.261. The van der Waals surface area contributed by atoms with Gasteiger partial charge < -0.3 is 4.90 Å². The van der Waals surface area contributed by atoms with Gasteiger partial charge in [-0.2, -0.15) is 18.2 Å². The molecular formula is C23H16F7N5. The van der Waals surface area contributed by atoms with Gasteiger partial charge in [-0.05, 0) is 44.2 Å². The predicted octanol–water partition coefficient (Wildman–Crippen LogP) is 5.90. The molecule has 0 unspecified atom stereocenters. The van der Waals surface area contributed by atoms with Crippen molar-refractivity contribution in [3.05, 3.63) is 59.9 Å². The van der Waals surface area contributed by atoms with E-state index >= 15 is 0 Å². The minimum absolute atomic E-state index is 0.0308. The van der Waals surface area contributed by atoms with E-state index in [9.17, 15) is 30.7 Å². The fourth-order valence-corrected chi connectivity index (χ4v) is 3.28. The monoisotopic (exact) mass is 495 g/mol. The summed E-state index contributed by atoms with van der Waals surface area (Å²) in [6.07, 6.45) is -6.31. The third-order valence-corrected chi connectivity index (χ3v) is 5.25. The van der Waals surface area contributed by atoms with Gasteiger partial charge in [0.2, 0.25) is 0 Å². The van der Waals surface area contributed by atoms with Crippen LogP contribution in [0.3, 0.4) is 0 Å². The summed E-state index contributed by atoms with van der Waals surface area (Å²) in [5.41, 5.74) is -2.11. The van der Waals surface area contributed by atoms with E-state index in [2.05, 4.69) is 27.0 Å². The van der Waals surface area contributed by atoms with Gasteiger partial charge in [-0.15, -0.1) is 10.2 Å². The highest BCUT2D eigenvalue weighted by Gasteiger charge is 2.46. The smallest absolute Gasteiger partial charge is 0.320 e. The molecule has 2 heterocycles. The first-order chi connectivity index (χ1) is 16.4. The van der Waals surface area contributed by atoms with Crippen LogP contribution in [0, 0.1) is 28.9 Å². The molecule has 0 radical (unpaired) electrons. The van der Waals surface area contributed by atoms with Crippen molar-refractivity contribution < 1.29 is 30.7 Å². The van der Waals surface area contributed by atoms with E-state index in [-0.39, 0.29) is 28.4 Å². The summed E-state index contributed by atoms with van der Waals surface area (Å²) in [4.78, 5) is 5.07. The topological polar surface area (TPSA) is 46.3 Å². The summed E-state index contributed by atoms with van der Waals surface area (Å²) in [7, 11) is 0. The molecular weight excluding hydrogens is 479 g/mol. The Hall–Kier alpha value is -3.88. The van der Waals surface area contributed by atoms with Crippen LogP contribution in [0.2, 0.25) is 0 Å². The maximum absolute atomic E-state index is 14.9. The second kappa shape index (κ2) is 8.72. The Labute approximate surface area is 194 Å². The van der Waals surface area contributed by atoms with E-state index in [0.717, 1.165) is 24.8 Å². The lowest BCUT2D eigenvalue weighted by Crippen LogP contribution is -2.30. The Morgan fingerprint density at radius 3 is 2.51 bits per heavy atom. The van der Waals surface area contributed by atoms with Gasteiger partial charge in [0.25, 0.3) is 12.2 Å². The zero-order chi connectivity index (χ0) is 25.5. The molecule has 182 valence electrons. The number of rotatable bonds is 4. The molecule has 0 aliphatic heterocycles. The Kier molecular flexibility index (Phi) is 6.04. The first-order valence-electron chi connectivity index (χ1n) is 10.1. The Morgan fingerprint density at radius 2 is 1.83 bits per heavy atom. The maximum atomic E-state index is 14.9. The number of benzene rings is 2. The Balaban J connectivity index is 1.91. The standard InChI is InChI=1S/C23H16F7N5/c1-22(2,23(28,29)30)9-8-13-4-3-5-14(10-13)34(11-17(25)26)20-18-16(7-6-15(24)19(18)27)35-12-31-33-21(35)32-20/h3-7,10,12,17H,11H2,1-2H3. The highest BCUT2D eigenvalue weighted by Crippen LogP contribution is 2.37.